The van der Waals surface area contributed by atoms with Crippen LogP contribution in [0.2, 0.25) is 0 Å². The molecule has 4 atom stereocenters. The van der Waals surface area contributed by atoms with Crippen molar-refractivity contribution in [2.75, 3.05) is 14.2 Å². The number of esters is 2. The van der Waals surface area contributed by atoms with Gasteiger partial charge in [-0.3, -0.25) is 0 Å². The molecule has 2 aliphatic carbocycles. The van der Waals surface area contributed by atoms with Crippen molar-refractivity contribution in [2.24, 2.45) is 23.7 Å². The molecule has 0 N–H and O–H groups in total. The zero-order valence-corrected chi connectivity index (χ0v) is 29.4. The highest BCUT2D eigenvalue weighted by molar-refractivity contribution is 6.11. The SMILES string of the molecule is CCCCCc1ccc2c(OC(C(=O)OC)C(C)C3CCCCC3)c3ccccc3c(OC(C(=O)OC)C(C)C3CCCCC3)c2c1. The van der Waals surface area contributed by atoms with Gasteiger partial charge in [-0.25, -0.2) is 9.59 Å². The van der Waals surface area contributed by atoms with E-state index in [1.54, 1.807) is 0 Å². The summed E-state index contributed by atoms with van der Waals surface area (Å²) in [5, 5.41) is 3.48. The van der Waals surface area contributed by atoms with E-state index in [4.69, 9.17) is 18.9 Å². The van der Waals surface area contributed by atoms with Crippen LogP contribution in [0.3, 0.4) is 0 Å². The predicted molar refractivity (Wildman–Crippen MR) is 189 cm³/mol. The third kappa shape index (κ3) is 8.06. The van der Waals surface area contributed by atoms with E-state index in [0.29, 0.717) is 23.3 Å². The Morgan fingerprint density at radius 2 is 1.13 bits per heavy atom. The molecule has 0 amide bonds. The van der Waals surface area contributed by atoms with Crippen molar-refractivity contribution >= 4 is 33.5 Å². The first-order chi connectivity index (χ1) is 22.9. The van der Waals surface area contributed by atoms with E-state index >= 15 is 0 Å². The maximum atomic E-state index is 13.4. The van der Waals surface area contributed by atoms with Gasteiger partial charge in [0.2, 0.25) is 0 Å². The molecular weight excluding hydrogens is 588 g/mol. The molecular formula is C41H56O6. The monoisotopic (exact) mass is 644 g/mol. The first-order valence-corrected chi connectivity index (χ1v) is 18.3. The van der Waals surface area contributed by atoms with Crippen LogP contribution < -0.4 is 9.47 Å². The third-order valence-electron chi connectivity index (χ3n) is 11.2. The fourth-order valence-electron chi connectivity index (χ4n) is 8.18. The van der Waals surface area contributed by atoms with Gasteiger partial charge in [0.25, 0.3) is 0 Å². The molecule has 6 nitrogen and oxygen atoms in total. The third-order valence-corrected chi connectivity index (χ3v) is 11.2. The lowest BCUT2D eigenvalue weighted by atomic mass is 9.78. The Morgan fingerprint density at radius 1 is 0.660 bits per heavy atom. The Labute approximate surface area is 281 Å². The highest BCUT2D eigenvalue weighted by Gasteiger charge is 2.37. The highest BCUT2D eigenvalue weighted by atomic mass is 16.6. The van der Waals surface area contributed by atoms with Crippen LogP contribution in [0.25, 0.3) is 21.5 Å². The molecule has 2 aliphatic rings. The Kier molecular flexibility index (Phi) is 12.5. The van der Waals surface area contributed by atoms with Crippen LogP contribution in [0.1, 0.15) is 110 Å². The number of methoxy groups -OCH3 is 2. The fourth-order valence-corrected chi connectivity index (χ4v) is 8.18. The summed E-state index contributed by atoms with van der Waals surface area (Å²) in [5.41, 5.74) is 1.21. The number of hydrogen-bond acceptors (Lipinski definition) is 6. The molecule has 0 radical (unpaired) electrons. The summed E-state index contributed by atoms with van der Waals surface area (Å²) in [4.78, 5) is 26.8. The molecule has 0 spiro atoms. The fraction of sp³-hybridized carbons (Fsp3) is 0.610. The molecule has 0 aliphatic heterocycles. The van der Waals surface area contributed by atoms with E-state index in [0.717, 1.165) is 72.9 Å². The van der Waals surface area contributed by atoms with Crippen molar-refractivity contribution in [1.82, 2.24) is 0 Å². The summed E-state index contributed by atoms with van der Waals surface area (Å²) in [7, 11) is 2.90. The number of hydrogen-bond donors (Lipinski definition) is 0. The topological polar surface area (TPSA) is 71.1 Å². The molecule has 5 rings (SSSR count). The van der Waals surface area contributed by atoms with Gasteiger partial charge >= 0.3 is 11.9 Å². The van der Waals surface area contributed by atoms with Crippen LogP contribution in [-0.2, 0) is 25.5 Å². The zero-order chi connectivity index (χ0) is 33.3. The van der Waals surface area contributed by atoms with Gasteiger partial charge in [0, 0.05) is 33.4 Å². The largest absolute Gasteiger partial charge is 0.477 e. The van der Waals surface area contributed by atoms with Gasteiger partial charge in [0.15, 0.2) is 12.2 Å². The number of ether oxygens (including phenoxy) is 4. The van der Waals surface area contributed by atoms with Gasteiger partial charge in [-0.1, -0.05) is 134 Å². The number of unbranched alkanes of at least 4 members (excludes halogenated alkanes) is 2. The maximum absolute atomic E-state index is 13.4. The summed E-state index contributed by atoms with van der Waals surface area (Å²) in [6.07, 6.45) is 14.5. The molecule has 4 unspecified atom stereocenters. The van der Waals surface area contributed by atoms with Gasteiger partial charge in [-0.2, -0.15) is 0 Å². The minimum atomic E-state index is -0.737. The Bertz CT molecular complexity index is 1480. The molecule has 0 heterocycles. The molecule has 0 bridgehead atoms. The van der Waals surface area contributed by atoms with Gasteiger partial charge in [0.05, 0.1) is 14.2 Å². The van der Waals surface area contributed by atoms with Crippen LogP contribution in [0.15, 0.2) is 42.5 Å². The van der Waals surface area contributed by atoms with Crippen molar-refractivity contribution in [2.45, 2.75) is 123 Å². The van der Waals surface area contributed by atoms with Gasteiger partial charge in [-0.15, -0.1) is 0 Å². The minimum Gasteiger partial charge on any atom is -0.477 e. The van der Waals surface area contributed by atoms with E-state index in [1.807, 2.05) is 24.3 Å². The maximum Gasteiger partial charge on any atom is 0.347 e. The molecule has 6 heteroatoms. The van der Waals surface area contributed by atoms with E-state index in [1.165, 1.54) is 58.3 Å². The van der Waals surface area contributed by atoms with Crippen LogP contribution in [-0.4, -0.2) is 38.4 Å². The standard InChI is InChI=1S/C41H56O6/c1-6-7-10-17-29-24-25-34-35(26-29)39(47-37(41(43)45-5)28(3)31-20-13-9-14-21-31)33-23-16-15-22-32(33)38(34)46-36(40(42)44-4)27(2)30-18-11-8-12-19-30/h15-16,22-28,30-31,36-37H,6-14,17-21H2,1-5H3. The lowest BCUT2D eigenvalue weighted by molar-refractivity contribution is -0.153. The smallest absolute Gasteiger partial charge is 0.347 e. The normalized spacial score (nSPS) is 18.7. The first kappa shape index (κ1) is 35.0. The Balaban J connectivity index is 1.65. The van der Waals surface area contributed by atoms with Crippen molar-refractivity contribution in [3.05, 3.63) is 48.0 Å². The van der Waals surface area contributed by atoms with Crippen molar-refractivity contribution in [3.63, 3.8) is 0 Å². The summed E-state index contributed by atoms with van der Waals surface area (Å²) >= 11 is 0. The summed E-state index contributed by atoms with van der Waals surface area (Å²) in [6, 6.07) is 14.5. The van der Waals surface area contributed by atoms with Crippen LogP contribution >= 0.6 is 0 Å². The number of aryl methyl sites for hydroxylation is 1. The van der Waals surface area contributed by atoms with Gasteiger partial charge in [0.1, 0.15) is 11.5 Å². The van der Waals surface area contributed by atoms with Gasteiger partial charge in [-0.05, 0) is 36.3 Å². The summed E-state index contributed by atoms with van der Waals surface area (Å²) in [6.45, 7) is 6.50. The van der Waals surface area contributed by atoms with Crippen LogP contribution in [0.4, 0.5) is 0 Å². The molecule has 2 fully saturated rings. The second kappa shape index (κ2) is 16.7. The lowest BCUT2D eigenvalue weighted by Gasteiger charge is -2.34. The van der Waals surface area contributed by atoms with E-state index < -0.39 is 12.2 Å². The number of carbonyl (C=O) groups excluding carboxylic acids is 2. The lowest BCUT2D eigenvalue weighted by Crippen LogP contribution is -2.39. The number of fused-ring (bicyclic) bond motifs is 2. The minimum absolute atomic E-state index is 0.000253. The first-order valence-electron chi connectivity index (χ1n) is 18.3. The van der Waals surface area contributed by atoms with Crippen LogP contribution in [0, 0.1) is 23.7 Å². The summed E-state index contributed by atoms with van der Waals surface area (Å²) < 4.78 is 24.6. The molecule has 2 saturated carbocycles. The average Bonchev–Trinajstić information content (AvgIpc) is 3.12. The molecule has 0 aromatic heterocycles. The average molecular weight is 645 g/mol. The van der Waals surface area contributed by atoms with Crippen molar-refractivity contribution in [3.8, 4) is 11.5 Å². The quantitative estimate of drug-likeness (QED) is 0.0988. The molecule has 256 valence electrons. The predicted octanol–water partition coefficient (Wildman–Crippen LogP) is 10.00. The van der Waals surface area contributed by atoms with Crippen molar-refractivity contribution in [1.29, 1.82) is 0 Å². The highest BCUT2D eigenvalue weighted by Crippen LogP contribution is 2.46. The Hall–Kier alpha value is -3.28. The van der Waals surface area contributed by atoms with Gasteiger partial charge < -0.3 is 18.9 Å². The second-order valence-corrected chi connectivity index (χ2v) is 14.2. The molecule has 3 aromatic carbocycles. The van der Waals surface area contributed by atoms with Crippen molar-refractivity contribution < 1.29 is 28.5 Å². The molecule has 3 aromatic rings. The molecule has 0 saturated heterocycles. The number of benzene rings is 3. The number of carbonyl (C=O) groups is 2. The zero-order valence-electron chi connectivity index (χ0n) is 29.4. The van der Waals surface area contributed by atoms with Crippen LogP contribution in [0.5, 0.6) is 11.5 Å². The second-order valence-electron chi connectivity index (χ2n) is 14.2. The van der Waals surface area contributed by atoms with E-state index in [9.17, 15) is 9.59 Å². The number of rotatable bonds is 14. The summed E-state index contributed by atoms with van der Waals surface area (Å²) in [5.74, 6) is 1.46. The molecule has 47 heavy (non-hydrogen) atoms. The van der Waals surface area contributed by atoms with E-state index in [2.05, 4.69) is 39.0 Å². The van der Waals surface area contributed by atoms with E-state index in [-0.39, 0.29) is 23.8 Å². The Morgan fingerprint density at radius 3 is 1.60 bits per heavy atom.